The van der Waals surface area contributed by atoms with E-state index in [1.165, 1.54) is 5.56 Å². The van der Waals surface area contributed by atoms with Gasteiger partial charge in [0.2, 0.25) is 0 Å². The van der Waals surface area contributed by atoms with Crippen molar-refractivity contribution in [2.75, 3.05) is 0 Å². The standard InChI is InChI=1S/C16H22O3/c1-3-16(15(18)19)9-8-13(10-11(16)2)12-4-6-14(17)7-5-12/h4-7,11,13,17H,3,8-10H2,1-2H3,(H,18,19). The summed E-state index contributed by atoms with van der Waals surface area (Å²) in [4.78, 5) is 11.6. The van der Waals surface area contributed by atoms with Gasteiger partial charge in [0.1, 0.15) is 5.75 Å². The van der Waals surface area contributed by atoms with Crippen molar-refractivity contribution in [1.82, 2.24) is 0 Å². The van der Waals surface area contributed by atoms with Crippen molar-refractivity contribution in [1.29, 1.82) is 0 Å². The average molecular weight is 262 g/mol. The van der Waals surface area contributed by atoms with Gasteiger partial charge in [-0.1, -0.05) is 26.0 Å². The number of aromatic hydroxyl groups is 1. The number of hydrogen-bond donors (Lipinski definition) is 2. The summed E-state index contributed by atoms with van der Waals surface area (Å²) >= 11 is 0. The van der Waals surface area contributed by atoms with E-state index >= 15 is 0 Å². The highest BCUT2D eigenvalue weighted by Gasteiger charge is 2.45. The Bertz CT molecular complexity index is 452. The molecule has 3 unspecified atom stereocenters. The average Bonchev–Trinajstić information content (AvgIpc) is 2.39. The largest absolute Gasteiger partial charge is 0.508 e. The van der Waals surface area contributed by atoms with E-state index in [0.29, 0.717) is 12.3 Å². The van der Waals surface area contributed by atoms with Crippen LogP contribution in [0, 0.1) is 11.3 Å². The van der Waals surface area contributed by atoms with Gasteiger partial charge in [-0.3, -0.25) is 4.79 Å². The molecule has 3 heteroatoms. The molecule has 1 aromatic carbocycles. The number of phenolic OH excluding ortho intramolecular Hbond substituents is 1. The predicted molar refractivity (Wildman–Crippen MR) is 74.2 cm³/mol. The summed E-state index contributed by atoms with van der Waals surface area (Å²) in [6.07, 6.45) is 3.26. The predicted octanol–water partition coefficient (Wildman–Crippen LogP) is 3.78. The molecule has 0 radical (unpaired) electrons. The second kappa shape index (κ2) is 5.24. The highest BCUT2D eigenvalue weighted by atomic mass is 16.4. The number of benzene rings is 1. The summed E-state index contributed by atoms with van der Waals surface area (Å²) in [6, 6.07) is 7.32. The number of carboxylic acids is 1. The van der Waals surface area contributed by atoms with Crippen LogP contribution < -0.4 is 0 Å². The normalized spacial score (nSPS) is 31.1. The lowest BCUT2D eigenvalue weighted by atomic mass is 9.61. The van der Waals surface area contributed by atoms with Crippen molar-refractivity contribution >= 4 is 5.97 Å². The summed E-state index contributed by atoms with van der Waals surface area (Å²) in [5.41, 5.74) is 0.660. The summed E-state index contributed by atoms with van der Waals surface area (Å²) in [5.74, 6) is 0.227. The van der Waals surface area contributed by atoms with Crippen LogP contribution in [0.15, 0.2) is 24.3 Å². The van der Waals surface area contributed by atoms with Crippen molar-refractivity contribution in [2.24, 2.45) is 11.3 Å². The van der Waals surface area contributed by atoms with Crippen LogP contribution in [0.25, 0.3) is 0 Å². The zero-order chi connectivity index (χ0) is 14.0. The van der Waals surface area contributed by atoms with E-state index in [4.69, 9.17) is 0 Å². The van der Waals surface area contributed by atoms with E-state index in [9.17, 15) is 15.0 Å². The van der Waals surface area contributed by atoms with Crippen molar-refractivity contribution in [3.63, 3.8) is 0 Å². The van der Waals surface area contributed by atoms with E-state index in [1.807, 2.05) is 19.1 Å². The maximum atomic E-state index is 11.6. The lowest BCUT2D eigenvalue weighted by Crippen LogP contribution is -2.41. The minimum atomic E-state index is -0.647. The van der Waals surface area contributed by atoms with Gasteiger partial charge in [0.05, 0.1) is 5.41 Å². The monoisotopic (exact) mass is 262 g/mol. The van der Waals surface area contributed by atoms with Crippen LogP contribution in [0.1, 0.15) is 51.0 Å². The molecule has 1 fully saturated rings. The molecule has 0 aromatic heterocycles. The van der Waals surface area contributed by atoms with Gasteiger partial charge >= 0.3 is 5.97 Å². The maximum Gasteiger partial charge on any atom is 0.309 e. The smallest absolute Gasteiger partial charge is 0.309 e. The fourth-order valence-corrected chi connectivity index (χ4v) is 3.49. The lowest BCUT2D eigenvalue weighted by molar-refractivity contribution is -0.155. The Balaban J connectivity index is 2.16. The van der Waals surface area contributed by atoms with Crippen LogP contribution in [-0.4, -0.2) is 16.2 Å². The van der Waals surface area contributed by atoms with Crippen LogP contribution in [0.5, 0.6) is 5.75 Å². The number of hydrogen-bond acceptors (Lipinski definition) is 2. The Morgan fingerprint density at radius 2 is 2.00 bits per heavy atom. The number of phenols is 1. The number of carbonyl (C=O) groups is 1. The molecule has 2 rings (SSSR count). The Morgan fingerprint density at radius 3 is 2.47 bits per heavy atom. The third-order valence-corrected chi connectivity index (χ3v) is 4.94. The number of carboxylic acid groups (broad SMARTS) is 1. The summed E-state index contributed by atoms with van der Waals surface area (Å²) in [7, 11) is 0. The molecule has 0 amide bonds. The Kier molecular flexibility index (Phi) is 3.83. The third-order valence-electron chi connectivity index (χ3n) is 4.94. The third kappa shape index (κ3) is 2.46. The minimum Gasteiger partial charge on any atom is -0.508 e. The Hall–Kier alpha value is -1.51. The van der Waals surface area contributed by atoms with E-state index < -0.39 is 11.4 Å². The summed E-state index contributed by atoms with van der Waals surface area (Å²) in [5, 5.41) is 18.8. The van der Waals surface area contributed by atoms with Crippen LogP contribution in [0.2, 0.25) is 0 Å². The van der Waals surface area contributed by atoms with E-state index in [1.54, 1.807) is 12.1 Å². The molecule has 0 heterocycles. The molecule has 3 atom stereocenters. The van der Waals surface area contributed by atoms with Crippen LogP contribution in [0.4, 0.5) is 0 Å². The van der Waals surface area contributed by atoms with E-state index in [0.717, 1.165) is 19.3 Å². The molecule has 0 bridgehead atoms. The summed E-state index contributed by atoms with van der Waals surface area (Å²) < 4.78 is 0. The second-order valence-electron chi connectivity index (χ2n) is 5.78. The first-order valence-corrected chi connectivity index (χ1v) is 7.02. The molecule has 0 saturated heterocycles. The molecular formula is C16H22O3. The second-order valence-corrected chi connectivity index (χ2v) is 5.78. The quantitative estimate of drug-likeness (QED) is 0.871. The highest BCUT2D eigenvalue weighted by molar-refractivity contribution is 5.75. The Morgan fingerprint density at radius 1 is 1.37 bits per heavy atom. The molecular weight excluding hydrogens is 240 g/mol. The number of aliphatic carboxylic acids is 1. The van der Waals surface area contributed by atoms with Gasteiger partial charge in [-0.2, -0.15) is 0 Å². The summed E-state index contributed by atoms with van der Waals surface area (Å²) in [6.45, 7) is 4.04. The molecule has 3 nitrogen and oxygen atoms in total. The van der Waals surface area contributed by atoms with Gasteiger partial charge in [0, 0.05) is 0 Å². The first-order valence-electron chi connectivity index (χ1n) is 7.02. The zero-order valence-electron chi connectivity index (χ0n) is 11.6. The van der Waals surface area contributed by atoms with Crippen molar-refractivity contribution < 1.29 is 15.0 Å². The van der Waals surface area contributed by atoms with Crippen LogP contribution >= 0.6 is 0 Å². The molecule has 1 saturated carbocycles. The molecule has 104 valence electrons. The molecule has 19 heavy (non-hydrogen) atoms. The van der Waals surface area contributed by atoms with Gasteiger partial charge in [0.25, 0.3) is 0 Å². The van der Waals surface area contributed by atoms with Crippen molar-refractivity contribution in [2.45, 2.75) is 45.4 Å². The lowest BCUT2D eigenvalue weighted by Gasteiger charge is -2.42. The first kappa shape index (κ1) is 13.9. The minimum absolute atomic E-state index is 0.183. The topological polar surface area (TPSA) is 57.5 Å². The Labute approximate surface area is 114 Å². The van der Waals surface area contributed by atoms with Crippen molar-refractivity contribution in [3.8, 4) is 5.75 Å². The fraction of sp³-hybridized carbons (Fsp3) is 0.562. The van der Waals surface area contributed by atoms with Crippen LogP contribution in [-0.2, 0) is 4.79 Å². The first-order chi connectivity index (χ1) is 8.99. The van der Waals surface area contributed by atoms with Gasteiger partial charge in [-0.15, -0.1) is 0 Å². The van der Waals surface area contributed by atoms with Crippen molar-refractivity contribution in [3.05, 3.63) is 29.8 Å². The van der Waals surface area contributed by atoms with E-state index in [-0.39, 0.29) is 11.7 Å². The number of rotatable bonds is 3. The SMILES string of the molecule is CCC1(C(=O)O)CCC(c2ccc(O)cc2)CC1C. The molecule has 1 aliphatic carbocycles. The van der Waals surface area contributed by atoms with E-state index in [2.05, 4.69) is 6.92 Å². The molecule has 1 aliphatic rings. The molecule has 2 N–H and O–H groups in total. The maximum absolute atomic E-state index is 11.6. The van der Waals surface area contributed by atoms with Gasteiger partial charge in [-0.05, 0) is 55.2 Å². The highest BCUT2D eigenvalue weighted by Crippen LogP contribution is 2.49. The van der Waals surface area contributed by atoms with Gasteiger partial charge in [-0.25, -0.2) is 0 Å². The van der Waals surface area contributed by atoms with Gasteiger partial charge < -0.3 is 10.2 Å². The molecule has 1 aromatic rings. The zero-order valence-corrected chi connectivity index (χ0v) is 11.6. The molecule has 0 aliphatic heterocycles. The van der Waals surface area contributed by atoms with Gasteiger partial charge in [0.15, 0.2) is 0 Å². The molecule has 0 spiro atoms. The fourth-order valence-electron chi connectivity index (χ4n) is 3.49. The van der Waals surface area contributed by atoms with Crippen LogP contribution in [0.3, 0.4) is 0 Å².